The summed E-state index contributed by atoms with van der Waals surface area (Å²) in [6.45, 7) is 1.95. The zero-order valence-corrected chi connectivity index (χ0v) is 10.4. The maximum atomic E-state index is 11.0. The minimum Gasteiger partial charge on any atom is -0.478 e. The summed E-state index contributed by atoms with van der Waals surface area (Å²) in [7, 11) is 3.80. The number of halogens is 1. The third kappa shape index (κ3) is 3.12. The molecule has 1 aromatic rings. The van der Waals surface area contributed by atoms with Crippen molar-refractivity contribution in [3.05, 3.63) is 29.3 Å². The van der Waals surface area contributed by atoms with Crippen molar-refractivity contribution in [2.45, 2.75) is 13.0 Å². The van der Waals surface area contributed by atoms with Crippen molar-refractivity contribution in [3.8, 4) is 0 Å². The van der Waals surface area contributed by atoms with Gasteiger partial charge in [0.25, 0.3) is 0 Å². The average molecular weight is 245 g/mol. The number of nitrogen functional groups attached to an aromatic ring is 1. The molecule has 0 saturated heterocycles. The first-order chi connectivity index (χ1) is 6.93. The fourth-order valence-corrected chi connectivity index (χ4v) is 1.40. The maximum Gasteiger partial charge on any atom is 0.336 e. The molecule has 0 aromatic heterocycles. The summed E-state index contributed by atoms with van der Waals surface area (Å²) in [5, 5.41) is 9.03. The molecule has 1 aromatic carbocycles. The van der Waals surface area contributed by atoms with E-state index >= 15 is 0 Å². The van der Waals surface area contributed by atoms with Gasteiger partial charge >= 0.3 is 5.97 Å². The highest BCUT2D eigenvalue weighted by molar-refractivity contribution is 5.90. The lowest BCUT2D eigenvalue weighted by molar-refractivity contribution is 0.0694. The molecule has 0 saturated carbocycles. The Morgan fingerprint density at radius 1 is 1.44 bits per heavy atom. The Kier molecular flexibility index (Phi) is 5.27. The average Bonchev–Trinajstić information content (AvgIpc) is 2.15. The normalized spacial score (nSPS) is 12.0. The van der Waals surface area contributed by atoms with E-state index in [1.54, 1.807) is 18.2 Å². The zero-order chi connectivity index (χ0) is 11.6. The molecular weight excluding hydrogens is 228 g/mol. The molecule has 0 spiro atoms. The summed E-state index contributed by atoms with van der Waals surface area (Å²) in [5.41, 5.74) is 7.29. The van der Waals surface area contributed by atoms with E-state index in [0.717, 1.165) is 5.56 Å². The molecule has 0 fully saturated rings. The summed E-state index contributed by atoms with van der Waals surface area (Å²) >= 11 is 0. The van der Waals surface area contributed by atoms with E-state index in [9.17, 15) is 4.79 Å². The number of benzene rings is 1. The third-order valence-electron chi connectivity index (χ3n) is 2.53. The first-order valence-corrected chi connectivity index (χ1v) is 4.72. The molecule has 0 aliphatic heterocycles. The van der Waals surface area contributed by atoms with Gasteiger partial charge < -0.3 is 15.7 Å². The first kappa shape index (κ1) is 14.7. The van der Waals surface area contributed by atoms with E-state index in [-0.39, 0.29) is 18.4 Å². The van der Waals surface area contributed by atoms with Gasteiger partial charge in [0, 0.05) is 11.7 Å². The highest BCUT2D eigenvalue weighted by Crippen LogP contribution is 2.24. The topological polar surface area (TPSA) is 66.6 Å². The lowest BCUT2D eigenvalue weighted by Gasteiger charge is -2.22. The van der Waals surface area contributed by atoms with Gasteiger partial charge in [0.05, 0.1) is 5.56 Å². The lowest BCUT2D eigenvalue weighted by atomic mass is 10.00. The minimum atomic E-state index is -0.918. The van der Waals surface area contributed by atoms with Crippen molar-refractivity contribution in [1.29, 1.82) is 0 Å². The minimum absolute atomic E-state index is 0. The van der Waals surface area contributed by atoms with Crippen molar-refractivity contribution in [2.75, 3.05) is 19.8 Å². The Bertz CT molecular complexity index is 380. The van der Waals surface area contributed by atoms with Gasteiger partial charge in [-0.3, -0.25) is 0 Å². The molecule has 90 valence electrons. The van der Waals surface area contributed by atoms with Crippen LogP contribution in [0.3, 0.4) is 0 Å². The molecule has 4 nitrogen and oxygen atoms in total. The van der Waals surface area contributed by atoms with Gasteiger partial charge in [-0.2, -0.15) is 0 Å². The second kappa shape index (κ2) is 5.72. The van der Waals surface area contributed by atoms with Gasteiger partial charge in [-0.25, -0.2) is 4.79 Å². The number of carbonyl (C=O) groups is 1. The van der Waals surface area contributed by atoms with Crippen LogP contribution in [-0.2, 0) is 0 Å². The predicted octanol–water partition coefficient (Wildman–Crippen LogP) is 2.01. The number of hydrogen-bond acceptors (Lipinski definition) is 3. The fraction of sp³-hybridized carbons (Fsp3) is 0.364. The van der Waals surface area contributed by atoms with Crippen LogP contribution in [0.1, 0.15) is 28.9 Å². The zero-order valence-electron chi connectivity index (χ0n) is 9.60. The quantitative estimate of drug-likeness (QED) is 0.799. The van der Waals surface area contributed by atoms with Crippen molar-refractivity contribution in [1.82, 2.24) is 4.90 Å². The molecule has 5 heteroatoms. The van der Waals surface area contributed by atoms with Gasteiger partial charge in [-0.05, 0) is 44.8 Å². The van der Waals surface area contributed by atoms with Crippen molar-refractivity contribution in [3.63, 3.8) is 0 Å². The van der Waals surface area contributed by atoms with Crippen LogP contribution >= 0.6 is 12.4 Å². The number of anilines is 1. The SMILES string of the molecule is CC(c1cc(N)ccc1C(=O)O)N(C)C.Cl. The number of nitrogens with zero attached hydrogens (tertiary/aromatic N) is 1. The molecule has 0 aliphatic carbocycles. The van der Waals surface area contributed by atoms with Crippen LogP contribution in [-0.4, -0.2) is 30.1 Å². The van der Waals surface area contributed by atoms with E-state index in [1.165, 1.54) is 0 Å². The Hall–Kier alpha value is -1.26. The molecule has 0 bridgehead atoms. The number of nitrogens with two attached hydrogens (primary N) is 1. The van der Waals surface area contributed by atoms with Gasteiger partial charge in [-0.1, -0.05) is 0 Å². The standard InChI is InChI=1S/C11H16N2O2.ClH/c1-7(13(2)3)10-6-8(12)4-5-9(10)11(14)15;/h4-7H,12H2,1-3H3,(H,14,15);1H. The van der Waals surface area contributed by atoms with Crippen molar-refractivity contribution >= 4 is 24.1 Å². The van der Waals surface area contributed by atoms with Crippen LogP contribution < -0.4 is 5.73 Å². The molecule has 1 unspecified atom stereocenters. The Morgan fingerprint density at radius 3 is 2.44 bits per heavy atom. The van der Waals surface area contributed by atoms with Gasteiger partial charge in [0.2, 0.25) is 0 Å². The summed E-state index contributed by atoms with van der Waals surface area (Å²) in [6.07, 6.45) is 0. The Morgan fingerprint density at radius 2 is 2.00 bits per heavy atom. The number of aromatic carboxylic acids is 1. The second-order valence-corrected chi connectivity index (χ2v) is 3.79. The van der Waals surface area contributed by atoms with Crippen LogP contribution in [0.15, 0.2) is 18.2 Å². The molecule has 16 heavy (non-hydrogen) atoms. The van der Waals surface area contributed by atoms with Crippen molar-refractivity contribution in [2.24, 2.45) is 0 Å². The molecule has 3 N–H and O–H groups in total. The number of rotatable bonds is 3. The molecular formula is C11H17ClN2O2. The van der Waals surface area contributed by atoms with E-state index in [0.29, 0.717) is 11.3 Å². The van der Waals surface area contributed by atoms with Crippen LogP contribution in [0.25, 0.3) is 0 Å². The smallest absolute Gasteiger partial charge is 0.336 e. The fourth-order valence-electron chi connectivity index (χ4n) is 1.40. The van der Waals surface area contributed by atoms with E-state index in [2.05, 4.69) is 0 Å². The summed E-state index contributed by atoms with van der Waals surface area (Å²) < 4.78 is 0. The molecule has 0 aliphatic rings. The predicted molar refractivity (Wildman–Crippen MR) is 67.2 cm³/mol. The van der Waals surface area contributed by atoms with E-state index < -0.39 is 5.97 Å². The Balaban J connectivity index is 0.00000225. The number of carboxylic acids is 1. The van der Waals surface area contributed by atoms with Crippen LogP contribution in [0.4, 0.5) is 5.69 Å². The van der Waals surface area contributed by atoms with Crippen LogP contribution in [0.2, 0.25) is 0 Å². The third-order valence-corrected chi connectivity index (χ3v) is 2.53. The van der Waals surface area contributed by atoms with Crippen LogP contribution in [0.5, 0.6) is 0 Å². The molecule has 0 amide bonds. The molecule has 1 atom stereocenters. The second-order valence-electron chi connectivity index (χ2n) is 3.79. The monoisotopic (exact) mass is 244 g/mol. The van der Waals surface area contributed by atoms with Crippen molar-refractivity contribution < 1.29 is 9.90 Å². The maximum absolute atomic E-state index is 11.0. The Labute approximate surface area is 101 Å². The van der Waals surface area contributed by atoms with Crippen LogP contribution in [0, 0.1) is 0 Å². The molecule has 1 rings (SSSR count). The van der Waals surface area contributed by atoms with Gasteiger partial charge in [-0.15, -0.1) is 12.4 Å². The summed E-state index contributed by atoms with van der Waals surface area (Å²) in [6, 6.07) is 4.90. The first-order valence-electron chi connectivity index (χ1n) is 4.72. The summed E-state index contributed by atoms with van der Waals surface area (Å²) in [5.74, 6) is -0.918. The largest absolute Gasteiger partial charge is 0.478 e. The van der Waals surface area contributed by atoms with E-state index in [4.69, 9.17) is 10.8 Å². The number of carboxylic acid groups (broad SMARTS) is 1. The summed E-state index contributed by atoms with van der Waals surface area (Å²) in [4.78, 5) is 12.9. The molecule has 0 radical (unpaired) electrons. The number of hydrogen-bond donors (Lipinski definition) is 2. The van der Waals surface area contributed by atoms with E-state index in [1.807, 2.05) is 25.9 Å². The lowest BCUT2D eigenvalue weighted by Crippen LogP contribution is -2.19. The molecule has 0 heterocycles. The van der Waals surface area contributed by atoms with Gasteiger partial charge in [0.15, 0.2) is 0 Å². The highest BCUT2D eigenvalue weighted by atomic mass is 35.5. The highest BCUT2D eigenvalue weighted by Gasteiger charge is 2.16. The van der Waals surface area contributed by atoms with Gasteiger partial charge in [0.1, 0.15) is 0 Å².